The van der Waals surface area contributed by atoms with E-state index in [0.29, 0.717) is 38.9 Å². The van der Waals surface area contributed by atoms with Crippen molar-refractivity contribution in [3.63, 3.8) is 0 Å². The van der Waals surface area contributed by atoms with Crippen LogP contribution in [0, 0.1) is 12.8 Å². The molecule has 8 heteroatoms. The molecule has 1 N–H and O–H groups in total. The van der Waals surface area contributed by atoms with Gasteiger partial charge < -0.3 is 9.72 Å². The number of carbonyl (C=O) groups is 2. The Bertz CT molecular complexity index is 1600. The Morgan fingerprint density at radius 1 is 0.927 bits per heavy atom. The second-order valence-corrected chi connectivity index (χ2v) is 12.8. The maximum Gasteiger partial charge on any atom is 0.248 e. The van der Waals surface area contributed by atoms with Gasteiger partial charge in [0.05, 0.1) is 11.5 Å². The number of sulfone groups is 1. The zero-order valence-corrected chi connectivity index (χ0v) is 24.1. The number of benzene rings is 3. The van der Waals surface area contributed by atoms with Gasteiger partial charge in [-0.05, 0) is 61.4 Å². The molecule has 3 aromatic carbocycles. The van der Waals surface area contributed by atoms with Crippen LogP contribution in [0.1, 0.15) is 42.4 Å². The normalized spacial score (nSPS) is 17.8. The second-order valence-electron chi connectivity index (χ2n) is 10.8. The van der Waals surface area contributed by atoms with Crippen LogP contribution in [0.25, 0.3) is 10.9 Å². The maximum atomic E-state index is 13.9. The molecule has 1 aliphatic heterocycles. The molecule has 1 saturated heterocycles. The Morgan fingerprint density at radius 3 is 2.44 bits per heavy atom. The van der Waals surface area contributed by atoms with E-state index >= 15 is 0 Å². The Hall–Kier alpha value is -3.75. The summed E-state index contributed by atoms with van der Waals surface area (Å²) in [6.45, 7) is 3.06. The number of amides is 2. The van der Waals surface area contributed by atoms with Crippen molar-refractivity contribution in [2.75, 3.05) is 13.2 Å². The van der Waals surface area contributed by atoms with Crippen LogP contribution in [-0.4, -0.2) is 48.5 Å². The third-order valence-electron chi connectivity index (χ3n) is 7.86. The van der Waals surface area contributed by atoms with E-state index in [1.807, 2.05) is 67.7 Å². The number of aryl methyl sites for hydroxylation is 1. The molecule has 0 bridgehead atoms. The van der Waals surface area contributed by atoms with E-state index in [1.165, 1.54) is 0 Å². The summed E-state index contributed by atoms with van der Waals surface area (Å²) in [5.74, 6) is -1.51. The van der Waals surface area contributed by atoms with Crippen molar-refractivity contribution in [3.05, 3.63) is 102 Å². The number of piperidine rings is 1. The number of nitrogens with zero attached hydrogens (tertiary/aromatic N) is 1. The van der Waals surface area contributed by atoms with Crippen LogP contribution in [0.4, 0.5) is 0 Å². The Morgan fingerprint density at radius 2 is 1.66 bits per heavy atom. The van der Waals surface area contributed by atoms with E-state index in [9.17, 15) is 18.0 Å². The number of imide groups is 1. The van der Waals surface area contributed by atoms with Crippen molar-refractivity contribution in [1.82, 2.24) is 9.88 Å². The first-order chi connectivity index (χ1) is 19.8. The first-order valence-corrected chi connectivity index (χ1v) is 15.7. The molecule has 0 spiro atoms. The van der Waals surface area contributed by atoms with Crippen LogP contribution in [0.3, 0.4) is 0 Å². The molecule has 0 unspecified atom stereocenters. The molecule has 1 aliphatic rings. The fourth-order valence-electron chi connectivity index (χ4n) is 5.61. The largest absolute Gasteiger partial charge is 0.377 e. The molecule has 0 radical (unpaired) electrons. The number of likely N-dealkylation sites (tertiary alicyclic amines) is 1. The van der Waals surface area contributed by atoms with Crippen LogP contribution >= 0.6 is 0 Å². The first-order valence-electron chi connectivity index (χ1n) is 14.2. The highest BCUT2D eigenvalue weighted by molar-refractivity contribution is 7.92. The maximum absolute atomic E-state index is 13.9. The summed E-state index contributed by atoms with van der Waals surface area (Å²) in [5.41, 5.74) is 3.98. The van der Waals surface area contributed by atoms with Gasteiger partial charge >= 0.3 is 0 Å². The van der Waals surface area contributed by atoms with Crippen molar-refractivity contribution >= 4 is 32.6 Å². The van der Waals surface area contributed by atoms with Gasteiger partial charge in [-0.25, -0.2) is 8.42 Å². The molecule has 1 fully saturated rings. The van der Waals surface area contributed by atoms with E-state index in [4.69, 9.17) is 4.74 Å². The number of fused-ring (bicyclic) bond motifs is 1. The van der Waals surface area contributed by atoms with E-state index in [-0.39, 0.29) is 23.8 Å². The van der Waals surface area contributed by atoms with Crippen molar-refractivity contribution in [1.29, 1.82) is 0 Å². The number of para-hydroxylation sites is 1. The molecule has 2 atom stereocenters. The standard InChI is InChI=1S/C33H36N2O5S/c1-24-14-16-28(17-15-24)41(38,39)32-26(11-7-8-20-40-23-25-9-3-2-4-10-25)21-31(36)35(33(32)37)19-18-27-22-34-30-13-6-5-12-29(27)30/h2-6,9-10,12-17,22,26,32,34H,7-8,11,18-21,23H2,1H3/t26-,32+/m1/s1. The zero-order valence-electron chi connectivity index (χ0n) is 23.3. The molecule has 214 valence electrons. The Labute approximate surface area is 241 Å². The fourth-order valence-corrected chi connectivity index (χ4v) is 7.55. The molecule has 7 nitrogen and oxygen atoms in total. The summed E-state index contributed by atoms with van der Waals surface area (Å²) in [4.78, 5) is 31.6. The lowest BCUT2D eigenvalue weighted by molar-refractivity contribution is -0.149. The third kappa shape index (κ3) is 6.60. The lowest BCUT2D eigenvalue weighted by atomic mass is 9.89. The number of unbranched alkanes of at least 4 members (excludes halogenated alkanes) is 1. The van der Waals surface area contributed by atoms with E-state index < -0.39 is 26.9 Å². The number of aromatic nitrogens is 1. The number of hydrogen-bond donors (Lipinski definition) is 1. The summed E-state index contributed by atoms with van der Waals surface area (Å²) >= 11 is 0. The highest BCUT2D eigenvalue weighted by Gasteiger charge is 2.48. The number of hydrogen-bond acceptors (Lipinski definition) is 5. The molecule has 2 amide bonds. The molecular formula is C33H36N2O5S. The van der Waals surface area contributed by atoms with Crippen LogP contribution < -0.4 is 0 Å². The minimum Gasteiger partial charge on any atom is -0.377 e. The predicted molar refractivity (Wildman–Crippen MR) is 159 cm³/mol. The van der Waals surface area contributed by atoms with E-state index in [2.05, 4.69) is 4.98 Å². The monoisotopic (exact) mass is 572 g/mol. The second kappa shape index (κ2) is 12.8. The number of aromatic amines is 1. The van der Waals surface area contributed by atoms with Crippen LogP contribution in [0.5, 0.6) is 0 Å². The quantitative estimate of drug-likeness (QED) is 0.176. The van der Waals surface area contributed by atoms with Gasteiger partial charge in [0.1, 0.15) is 5.25 Å². The molecule has 41 heavy (non-hydrogen) atoms. The summed E-state index contributed by atoms with van der Waals surface area (Å²) in [6.07, 6.45) is 4.19. The summed E-state index contributed by atoms with van der Waals surface area (Å²) < 4.78 is 33.5. The fraction of sp³-hybridized carbons (Fsp3) is 0.333. The zero-order chi connectivity index (χ0) is 28.8. The number of carbonyl (C=O) groups excluding carboxylic acids is 2. The Kier molecular flexibility index (Phi) is 9.00. The van der Waals surface area contributed by atoms with E-state index in [0.717, 1.165) is 32.5 Å². The van der Waals surface area contributed by atoms with Crippen molar-refractivity contribution in [3.8, 4) is 0 Å². The third-order valence-corrected chi connectivity index (χ3v) is 10.0. The van der Waals surface area contributed by atoms with Crippen molar-refractivity contribution < 1.29 is 22.7 Å². The van der Waals surface area contributed by atoms with Gasteiger partial charge in [0.25, 0.3) is 0 Å². The average Bonchev–Trinajstić information content (AvgIpc) is 3.38. The van der Waals surface area contributed by atoms with Gasteiger partial charge in [-0.3, -0.25) is 14.5 Å². The first kappa shape index (κ1) is 28.8. The summed E-state index contributed by atoms with van der Waals surface area (Å²) in [5, 5.41) is -0.267. The van der Waals surface area contributed by atoms with E-state index in [1.54, 1.807) is 24.3 Å². The minimum atomic E-state index is -4.00. The number of rotatable bonds is 12. The molecular weight excluding hydrogens is 536 g/mol. The lowest BCUT2D eigenvalue weighted by Crippen LogP contribution is -2.55. The molecule has 0 saturated carbocycles. The predicted octanol–water partition coefficient (Wildman–Crippen LogP) is 5.62. The van der Waals surface area contributed by atoms with Crippen LogP contribution in [0.15, 0.2) is 90.0 Å². The number of ether oxygens (including phenoxy) is 1. The smallest absolute Gasteiger partial charge is 0.248 e. The number of nitrogens with one attached hydrogen (secondary N) is 1. The van der Waals surface area contributed by atoms with Crippen LogP contribution in [0.2, 0.25) is 0 Å². The van der Waals surface area contributed by atoms with Gasteiger partial charge in [-0.1, -0.05) is 72.6 Å². The topological polar surface area (TPSA) is 96.5 Å². The highest BCUT2D eigenvalue weighted by Crippen LogP contribution is 2.34. The van der Waals surface area contributed by atoms with Gasteiger partial charge in [-0.15, -0.1) is 0 Å². The van der Waals surface area contributed by atoms with Crippen LogP contribution in [-0.2, 0) is 37.2 Å². The molecule has 2 heterocycles. The minimum absolute atomic E-state index is 0.0280. The highest BCUT2D eigenvalue weighted by atomic mass is 32.2. The van der Waals surface area contributed by atoms with Crippen molar-refractivity contribution in [2.45, 2.75) is 55.8 Å². The average molecular weight is 573 g/mol. The lowest BCUT2D eigenvalue weighted by Gasteiger charge is -2.36. The Balaban J connectivity index is 1.29. The SMILES string of the molecule is Cc1ccc(S(=O)(=O)[C@@H]2C(=O)N(CCc3c[nH]c4ccccc34)C(=O)C[C@H]2CCCCOCc2ccccc2)cc1. The van der Waals surface area contributed by atoms with Gasteiger partial charge in [0.2, 0.25) is 11.8 Å². The van der Waals surface area contributed by atoms with Gasteiger partial charge in [0, 0.05) is 36.7 Å². The molecule has 1 aromatic heterocycles. The molecule has 4 aromatic rings. The molecule has 5 rings (SSSR count). The van der Waals surface area contributed by atoms with Gasteiger partial charge in [0.15, 0.2) is 9.84 Å². The summed E-state index contributed by atoms with van der Waals surface area (Å²) in [6, 6.07) is 24.3. The van der Waals surface area contributed by atoms with Crippen molar-refractivity contribution in [2.24, 2.45) is 5.92 Å². The summed E-state index contributed by atoms with van der Waals surface area (Å²) in [7, 11) is -4.00. The van der Waals surface area contributed by atoms with Gasteiger partial charge in [-0.2, -0.15) is 0 Å². The number of H-pyrrole nitrogens is 1. The molecule has 0 aliphatic carbocycles.